The quantitative estimate of drug-likeness (QED) is 0.368. The molecule has 0 aromatic heterocycles. The standard InChI is InChI=1S/C20H13B/c1-4-12-10-14-6-2-8-16-17-9-3-7-15-11-13(5-1)18(12)21(19(14)16)20(15)17/h1-9H,10-11H2. The highest BCUT2D eigenvalue weighted by Crippen LogP contribution is 2.32. The lowest BCUT2D eigenvalue weighted by Crippen LogP contribution is -2.58. The van der Waals surface area contributed by atoms with Gasteiger partial charge >= 0.3 is 0 Å². The average Bonchev–Trinajstić information content (AvgIpc) is 2.86. The van der Waals surface area contributed by atoms with E-state index in [9.17, 15) is 0 Å². The maximum atomic E-state index is 2.33. The summed E-state index contributed by atoms with van der Waals surface area (Å²) in [4.78, 5) is 0. The van der Waals surface area contributed by atoms with Gasteiger partial charge in [-0.2, -0.15) is 0 Å². The molecule has 6 rings (SSSR count). The van der Waals surface area contributed by atoms with Crippen molar-refractivity contribution in [2.45, 2.75) is 12.8 Å². The van der Waals surface area contributed by atoms with Gasteiger partial charge in [-0.25, -0.2) is 0 Å². The lowest BCUT2D eigenvalue weighted by atomic mass is 9.32. The van der Waals surface area contributed by atoms with E-state index in [1.807, 2.05) is 0 Å². The topological polar surface area (TPSA) is 0 Å². The smallest absolute Gasteiger partial charge is 0.0617 e. The van der Waals surface area contributed by atoms with Gasteiger partial charge in [0.15, 0.2) is 0 Å². The minimum atomic E-state index is 0.510. The van der Waals surface area contributed by atoms with Crippen LogP contribution in [-0.2, 0) is 12.8 Å². The Morgan fingerprint density at radius 2 is 0.952 bits per heavy atom. The van der Waals surface area contributed by atoms with Crippen molar-refractivity contribution >= 4 is 23.1 Å². The number of benzene rings is 3. The van der Waals surface area contributed by atoms with Crippen molar-refractivity contribution in [3.05, 3.63) is 76.9 Å². The molecule has 0 atom stereocenters. The Labute approximate surface area is 124 Å². The zero-order valence-corrected chi connectivity index (χ0v) is 11.7. The second kappa shape index (κ2) is 3.31. The lowest BCUT2D eigenvalue weighted by molar-refractivity contribution is 1.15. The Hall–Kier alpha value is -2.28. The van der Waals surface area contributed by atoms with E-state index >= 15 is 0 Å². The first-order chi connectivity index (χ1) is 10.4. The summed E-state index contributed by atoms with van der Waals surface area (Å²) in [5, 5.41) is 0. The summed E-state index contributed by atoms with van der Waals surface area (Å²) in [5.41, 5.74) is 13.9. The van der Waals surface area contributed by atoms with Crippen molar-refractivity contribution in [1.82, 2.24) is 0 Å². The van der Waals surface area contributed by atoms with Gasteiger partial charge in [-0.15, -0.1) is 0 Å². The minimum Gasteiger partial charge on any atom is -0.0617 e. The summed E-state index contributed by atoms with van der Waals surface area (Å²) >= 11 is 0. The fourth-order valence-electron chi connectivity index (χ4n) is 4.87. The molecule has 0 nitrogen and oxygen atoms in total. The highest BCUT2D eigenvalue weighted by molar-refractivity contribution is 7.00. The molecule has 3 aliphatic heterocycles. The Morgan fingerprint density at radius 1 is 0.524 bits per heavy atom. The van der Waals surface area contributed by atoms with Gasteiger partial charge < -0.3 is 0 Å². The molecule has 3 aliphatic rings. The molecular weight excluding hydrogens is 251 g/mol. The summed E-state index contributed by atoms with van der Waals surface area (Å²) in [7, 11) is 0. The first kappa shape index (κ1) is 10.5. The van der Waals surface area contributed by atoms with Crippen molar-refractivity contribution in [3.8, 4) is 11.1 Å². The molecule has 0 spiro atoms. The van der Waals surface area contributed by atoms with Crippen LogP contribution in [0.3, 0.4) is 0 Å². The summed E-state index contributed by atoms with van der Waals surface area (Å²) in [6.45, 7) is 0.510. The molecule has 0 saturated heterocycles. The number of hydrogen-bond donors (Lipinski definition) is 0. The lowest BCUT2D eigenvalue weighted by Gasteiger charge is -2.31. The van der Waals surface area contributed by atoms with Crippen LogP contribution in [0.5, 0.6) is 0 Å². The Kier molecular flexibility index (Phi) is 1.65. The molecule has 3 aromatic carbocycles. The monoisotopic (exact) mass is 264 g/mol. The van der Waals surface area contributed by atoms with Crippen LogP contribution >= 0.6 is 0 Å². The third-order valence-electron chi connectivity index (χ3n) is 5.60. The summed E-state index contributed by atoms with van der Waals surface area (Å²) in [5.74, 6) is 0. The summed E-state index contributed by atoms with van der Waals surface area (Å²) in [6, 6.07) is 20.7. The van der Waals surface area contributed by atoms with Gasteiger partial charge in [0.25, 0.3) is 0 Å². The molecule has 0 fully saturated rings. The predicted molar refractivity (Wildman–Crippen MR) is 88.6 cm³/mol. The fraction of sp³-hybridized carbons (Fsp3) is 0.100. The van der Waals surface area contributed by atoms with Gasteiger partial charge in [0.2, 0.25) is 6.71 Å². The van der Waals surface area contributed by atoms with Gasteiger partial charge in [0.1, 0.15) is 0 Å². The van der Waals surface area contributed by atoms with Crippen molar-refractivity contribution in [2.75, 3.05) is 0 Å². The molecule has 0 amide bonds. The fourth-order valence-corrected chi connectivity index (χ4v) is 4.87. The van der Waals surface area contributed by atoms with Crippen LogP contribution in [0.4, 0.5) is 0 Å². The molecule has 0 bridgehead atoms. The van der Waals surface area contributed by atoms with Crippen LogP contribution < -0.4 is 16.4 Å². The summed E-state index contributed by atoms with van der Waals surface area (Å²) in [6.07, 6.45) is 2.21. The number of hydrogen-bond acceptors (Lipinski definition) is 0. The van der Waals surface area contributed by atoms with E-state index in [1.165, 1.54) is 22.3 Å². The Balaban J connectivity index is 1.86. The number of rotatable bonds is 0. The zero-order valence-electron chi connectivity index (χ0n) is 11.7. The van der Waals surface area contributed by atoms with E-state index in [0.29, 0.717) is 6.71 Å². The molecule has 0 saturated carbocycles. The molecule has 96 valence electrons. The highest BCUT2D eigenvalue weighted by atomic mass is 14.3. The van der Waals surface area contributed by atoms with E-state index in [4.69, 9.17) is 0 Å². The van der Waals surface area contributed by atoms with Crippen LogP contribution in [0, 0.1) is 0 Å². The van der Waals surface area contributed by atoms with Crippen molar-refractivity contribution < 1.29 is 0 Å². The van der Waals surface area contributed by atoms with Crippen molar-refractivity contribution in [3.63, 3.8) is 0 Å². The Bertz CT molecular complexity index is 878. The maximum Gasteiger partial charge on any atom is 0.244 e. The molecule has 0 radical (unpaired) electrons. The predicted octanol–water partition coefficient (Wildman–Crippen LogP) is 1.99. The largest absolute Gasteiger partial charge is 0.244 e. The van der Waals surface area contributed by atoms with E-state index in [0.717, 1.165) is 12.8 Å². The van der Waals surface area contributed by atoms with Crippen LogP contribution in [-0.4, -0.2) is 6.71 Å². The molecule has 0 N–H and O–H groups in total. The second-order valence-electron chi connectivity index (χ2n) is 6.53. The van der Waals surface area contributed by atoms with Gasteiger partial charge in [-0.3, -0.25) is 0 Å². The third-order valence-corrected chi connectivity index (χ3v) is 5.60. The van der Waals surface area contributed by atoms with E-state index in [-0.39, 0.29) is 0 Å². The third kappa shape index (κ3) is 1.08. The summed E-state index contributed by atoms with van der Waals surface area (Å²) < 4.78 is 0. The van der Waals surface area contributed by atoms with E-state index < -0.39 is 0 Å². The first-order valence-corrected chi connectivity index (χ1v) is 7.76. The highest BCUT2D eigenvalue weighted by Gasteiger charge is 2.43. The Morgan fingerprint density at radius 3 is 1.48 bits per heavy atom. The van der Waals surface area contributed by atoms with E-state index in [2.05, 4.69) is 54.6 Å². The van der Waals surface area contributed by atoms with Crippen LogP contribution in [0.25, 0.3) is 11.1 Å². The number of fused-ring (bicyclic) bond motifs is 1. The van der Waals surface area contributed by atoms with Crippen molar-refractivity contribution in [2.24, 2.45) is 0 Å². The van der Waals surface area contributed by atoms with Gasteiger partial charge in [0, 0.05) is 0 Å². The molecular formula is C20H13B. The molecule has 0 aliphatic carbocycles. The zero-order chi connectivity index (χ0) is 13.6. The van der Waals surface area contributed by atoms with Crippen LogP contribution in [0.15, 0.2) is 54.6 Å². The first-order valence-electron chi connectivity index (χ1n) is 7.76. The van der Waals surface area contributed by atoms with Crippen molar-refractivity contribution in [1.29, 1.82) is 0 Å². The van der Waals surface area contributed by atoms with Gasteiger partial charge in [-0.1, -0.05) is 71.0 Å². The van der Waals surface area contributed by atoms with Crippen LogP contribution in [0.2, 0.25) is 0 Å². The molecule has 3 heterocycles. The molecule has 21 heavy (non-hydrogen) atoms. The van der Waals surface area contributed by atoms with Crippen LogP contribution in [0.1, 0.15) is 22.3 Å². The average molecular weight is 264 g/mol. The SMILES string of the molecule is c1cc2c3c(c1)Cc1cccc4c1B3c1c(cccc1-4)C2. The minimum absolute atomic E-state index is 0.510. The molecule has 1 heteroatoms. The normalized spacial score (nSPS) is 15.1. The molecule has 3 aromatic rings. The van der Waals surface area contributed by atoms with Gasteiger partial charge in [-0.05, 0) is 46.2 Å². The van der Waals surface area contributed by atoms with E-state index in [1.54, 1.807) is 27.5 Å². The molecule has 0 unspecified atom stereocenters. The maximum absolute atomic E-state index is 2.33. The van der Waals surface area contributed by atoms with Gasteiger partial charge in [0.05, 0.1) is 0 Å². The second-order valence-corrected chi connectivity index (χ2v) is 6.53.